The van der Waals surface area contributed by atoms with Crippen LogP contribution in [-0.2, 0) is 0 Å². The van der Waals surface area contributed by atoms with E-state index in [1.807, 2.05) is 4.90 Å². The van der Waals surface area contributed by atoms with Crippen molar-refractivity contribution in [2.45, 2.75) is 18.9 Å². The number of nitrogens with two attached hydrogens (primary N) is 1. The first-order chi connectivity index (χ1) is 14.0. The molecule has 0 saturated carbocycles. The number of nitrogen functional groups attached to an aromatic ring is 1. The minimum atomic E-state index is -0.528. The van der Waals surface area contributed by atoms with Gasteiger partial charge in [-0.1, -0.05) is 0 Å². The molecule has 10 nitrogen and oxygen atoms in total. The molecule has 0 radical (unpaired) electrons. The van der Waals surface area contributed by atoms with Crippen LogP contribution in [0.3, 0.4) is 0 Å². The highest BCUT2D eigenvalue weighted by Gasteiger charge is 2.31. The molecule has 1 fully saturated rings. The third kappa shape index (κ3) is 3.40. The van der Waals surface area contributed by atoms with Crippen LogP contribution in [0.25, 0.3) is 5.65 Å². The van der Waals surface area contributed by atoms with E-state index in [0.29, 0.717) is 24.3 Å². The van der Waals surface area contributed by atoms with Crippen LogP contribution in [-0.4, -0.2) is 55.4 Å². The number of carbonyl (C=O) groups excluding carboxylic acids is 1. The molecule has 3 aromatic rings. The minimum Gasteiger partial charge on any atom is -0.493 e. The van der Waals surface area contributed by atoms with E-state index in [1.165, 1.54) is 10.6 Å². The van der Waals surface area contributed by atoms with E-state index in [1.54, 1.807) is 12.3 Å². The predicted octanol–water partition coefficient (Wildman–Crippen LogP) is 0.615. The molecule has 1 unspecified atom stereocenters. The van der Waals surface area contributed by atoms with E-state index >= 15 is 0 Å². The number of aliphatic hydroxyl groups is 1. The lowest BCUT2D eigenvalue weighted by molar-refractivity contribution is 0.0947. The number of carbonyl (C=O) groups is 1. The van der Waals surface area contributed by atoms with Crippen LogP contribution >= 0.6 is 0 Å². The van der Waals surface area contributed by atoms with Gasteiger partial charge in [0.2, 0.25) is 5.88 Å². The minimum absolute atomic E-state index is 0.0232. The van der Waals surface area contributed by atoms with Gasteiger partial charge in [-0.15, -0.1) is 5.10 Å². The maximum absolute atomic E-state index is 13.7. The zero-order valence-electron chi connectivity index (χ0n) is 15.4. The molecule has 5 N–H and O–H groups in total. The van der Waals surface area contributed by atoms with Crippen molar-refractivity contribution in [3.05, 3.63) is 41.5 Å². The monoisotopic (exact) mass is 401 g/mol. The Balaban J connectivity index is 1.73. The lowest BCUT2D eigenvalue weighted by Crippen LogP contribution is -2.27. The van der Waals surface area contributed by atoms with E-state index in [4.69, 9.17) is 10.8 Å². The van der Waals surface area contributed by atoms with Crippen LogP contribution in [0.2, 0.25) is 0 Å². The van der Waals surface area contributed by atoms with E-state index < -0.39 is 11.7 Å². The summed E-state index contributed by atoms with van der Waals surface area (Å²) < 4.78 is 15.1. The second-order valence-corrected chi connectivity index (χ2v) is 6.71. The number of hydrogen-bond donors (Lipinski definition) is 4. The lowest BCUT2D eigenvalue weighted by Gasteiger charge is -2.26. The van der Waals surface area contributed by atoms with Gasteiger partial charge in [-0.2, -0.15) is 0 Å². The van der Waals surface area contributed by atoms with Crippen LogP contribution in [0.5, 0.6) is 5.88 Å². The molecule has 1 aliphatic heterocycles. The average molecular weight is 401 g/mol. The number of amides is 1. The summed E-state index contributed by atoms with van der Waals surface area (Å²) in [5, 5.41) is 25.7. The van der Waals surface area contributed by atoms with Gasteiger partial charge in [-0.05, 0) is 25.0 Å². The van der Waals surface area contributed by atoms with Crippen molar-refractivity contribution in [3.8, 4) is 5.88 Å². The summed E-state index contributed by atoms with van der Waals surface area (Å²) in [6.07, 6.45) is 4.11. The van der Waals surface area contributed by atoms with Crippen molar-refractivity contribution in [1.82, 2.24) is 24.9 Å². The molecule has 1 atom stereocenters. The highest BCUT2D eigenvalue weighted by molar-refractivity contribution is 6.04. The molecular weight excluding hydrogens is 381 g/mol. The normalized spacial score (nSPS) is 16.5. The van der Waals surface area contributed by atoms with Gasteiger partial charge in [0.05, 0.1) is 18.8 Å². The topological polar surface area (TPSA) is 142 Å². The van der Waals surface area contributed by atoms with Gasteiger partial charge in [0.15, 0.2) is 11.5 Å². The number of hydrogen-bond acceptors (Lipinski definition) is 8. The molecule has 11 heteroatoms. The summed E-state index contributed by atoms with van der Waals surface area (Å²) in [5.41, 5.74) is 6.66. The Morgan fingerprint density at radius 1 is 1.45 bits per heavy atom. The van der Waals surface area contributed by atoms with Crippen LogP contribution < -0.4 is 16.0 Å². The summed E-state index contributed by atoms with van der Waals surface area (Å²) in [6, 6.07) is 2.69. The number of anilines is 2. The Morgan fingerprint density at radius 2 is 2.28 bits per heavy atom. The van der Waals surface area contributed by atoms with Crippen LogP contribution in [0.1, 0.15) is 34.8 Å². The first-order valence-corrected chi connectivity index (χ1v) is 9.14. The molecule has 0 aromatic carbocycles. The van der Waals surface area contributed by atoms with Crippen LogP contribution in [0.15, 0.2) is 24.5 Å². The summed E-state index contributed by atoms with van der Waals surface area (Å²) >= 11 is 0. The van der Waals surface area contributed by atoms with Gasteiger partial charge in [-0.25, -0.2) is 18.9 Å². The molecule has 0 spiro atoms. The summed E-state index contributed by atoms with van der Waals surface area (Å²) in [5.74, 6) is -0.669. The molecule has 0 aliphatic carbocycles. The third-order valence-electron chi connectivity index (χ3n) is 4.89. The highest BCUT2D eigenvalue weighted by atomic mass is 19.1. The Morgan fingerprint density at radius 3 is 3.07 bits per heavy atom. The number of fused-ring (bicyclic) bond motifs is 1. The van der Waals surface area contributed by atoms with Crippen LogP contribution in [0.4, 0.5) is 16.0 Å². The lowest BCUT2D eigenvalue weighted by atomic mass is 10.1. The molecule has 1 amide bonds. The Kier molecular flexibility index (Phi) is 4.89. The third-order valence-corrected chi connectivity index (χ3v) is 4.89. The second-order valence-electron chi connectivity index (χ2n) is 6.71. The molecule has 4 rings (SSSR count). The maximum atomic E-state index is 13.7. The van der Waals surface area contributed by atoms with Crippen molar-refractivity contribution >= 4 is 23.2 Å². The van der Waals surface area contributed by atoms with Gasteiger partial charge < -0.3 is 26.2 Å². The summed E-state index contributed by atoms with van der Waals surface area (Å²) in [6.45, 7) is 0.513. The zero-order valence-corrected chi connectivity index (χ0v) is 15.4. The molecule has 1 saturated heterocycles. The van der Waals surface area contributed by atoms with Crippen molar-refractivity contribution in [1.29, 1.82) is 0 Å². The Hall–Kier alpha value is -3.47. The Labute approximate surface area is 164 Å². The number of nitrogens with zero attached hydrogens (tertiary/aromatic N) is 5. The summed E-state index contributed by atoms with van der Waals surface area (Å²) in [7, 11) is 0. The highest BCUT2D eigenvalue weighted by Crippen LogP contribution is 2.38. The number of aromatic nitrogens is 4. The molecular formula is C18H20FN7O3. The molecule has 0 bridgehead atoms. The molecule has 1 aliphatic rings. The number of nitrogens with one attached hydrogen (secondary N) is 1. The van der Waals surface area contributed by atoms with Gasteiger partial charge >= 0.3 is 0 Å². The van der Waals surface area contributed by atoms with Crippen LogP contribution in [0, 0.1) is 5.82 Å². The molecule has 152 valence electrons. The summed E-state index contributed by atoms with van der Waals surface area (Å²) in [4.78, 5) is 22.6. The number of aromatic hydroxyl groups is 1. The van der Waals surface area contributed by atoms with Crippen molar-refractivity contribution in [2.75, 3.05) is 30.3 Å². The van der Waals surface area contributed by atoms with E-state index in [9.17, 15) is 14.3 Å². The smallest absolute Gasteiger partial charge is 0.259 e. The SMILES string of the molecule is Nc1nn2ccc(N3CCCC3c3cc(F)cnc3O)nc2c1C(=O)NCCO. The van der Waals surface area contributed by atoms with Crippen molar-refractivity contribution in [2.24, 2.45) is 0 Å². The van der Waals surface area contributed by atoms with Gasteiger partial charge in [0, 0.05) is 24.8 Å². The predicted molar refractivity (Wildman–Crippen MR) is 102 cm³/mol. The van der Waals surface area contributed by atoms with Crippen molar-refractivity contribution in [3.63, 3.8) is 0 Å². The van der Waals surface area contributed by atoms with Gasteiger partial charge in [-0.3, -0.25) is 4.79 Å². The fourth-order valence-electron chi connectivity index (χ4n) is 3.63. The van der Waals surface area contributed by atoms with Gasteiger partial charge in [0.25, 0.3) is 5.91 Å². The van der Waals surface area contributed by atoms with Gasteiger partial charge in [0.1, 0.15) is 17.2 Å². The van der Waals surface area contributed by atoms with E-state index in [2.05, 4.69) is 20.4 Å². The number of rotatable bonds is 5. The number of aliphatic hydroxyl groups excluding tert-OH is 1. The largest absolute Gasteiger partial charge is 0.493 e. The number of halogens is 1. The average Bonchev–Trinajstić information content (AvgIpc) is 3.31. The molecule has 3 aromatic heterocycles. The fraction of sp³-hybridized carbons (Fsp3) is 0.333. The first kappa shape index (κ1) is 18.9. The fourth-order valence-corrected chi connectivity index (χ4v) is 3.63. The molecule has 29 heavy (non-hydrogen) atoms. The quantitative estimate of drug-likeness (QED) is 0.487. The molecule has 4 heterocycles. The second kappa shape index (κ2) is 7.51. The zero-order chi connectivity index (χ0) is 20.5. The van der Waals surface area contributed by atoms with E-state index in [0.717, 1.165) is 12.6 Å². The Bertz CT molecular complexity index is 1070. The van der Waals surface area contributed by atoms with Crippen molar-refractivity contribution < 1.29 is 19.4 Å². The van der Waals surface area contributed by atoms with E-state index in [-0.39, 0.29) is 42.1 Å². The maximum Gasteiger partial charge on any atom is 0.259 e. The standard InChI is InChI=1S/C18H20FN7O3/c19-10-8-11(17(28)22-9-10)12-2-1-5-25(12)13-3-6-26-16(23-13)14(15(20)24-26)18(29)21-4-7-27/h3,6,8-9,12,27H,1-2,4-5,7H2,(H2,20,24)(H,21,29)(H,22,28). The first-order valence-electron chi connectivity index (χ1n) is 9.14. The number of pyridine rings is 1.